The number of nitrogens with one attached hydrogen (secondary N) is 1. The molecule has 2 saturated heterocycles. The fraction of sp³-hybridized carbons (Fsp3) is 0.536. The van der Waals surface area contributed by atoms with Crippen LogP contribution in [-0.4, -0.2) is 54.9 Å². The third-order valence-electron chi connectivity index (χ3n) is 7.33. The highest BCUT2D eigenvalue weighted by molar-refractivity contribution is 5.69. The van der Waals surface area contributed by atoms with Crippen molar-refractivity contribution in [1.82, 2.24) is 10.2 Å². The van der Waals surface area contributed by atoms with Gasteiger partial charge in [-0.2, -0.15) is 0 Å². The van der Waals surface area contributed by atoms with Gasteiger partial charge in [-0.25, -0.2) is 4.79 Å². The van der Waals surface area contributed by atoms with Gasteiger partial charge in [0.05, 0.1) is 6.04 Å². The monoisotopic (exact) mass is 447 g/mol. The van der Waals surface area contributed by atoms with Gasteiger partial charge in [-0.15, -0.1) is 0 Å². The number of nitrogens with zero attached hydrogens (tertiary/aromatic N) is 2. The molecule has 1 N–H and O–H groups in total. The second kappa shape index (κ2) is 9.02. The van der Waals surface area contributed by atoms with Crippen LogP contribution < -0.4 is 10.2 Å². The predicted octanol–water partition coefficient (Wildman–Crippen LogP) is 4.75. The minimum atomic E-state index is -0.465. The van der Waals surface area contributed by atoms with Crippen molar-refractivity contribution in [3.05, 3.63) is 65.2 Å². The SMILES string of the molecule is CC(C)(C)OC(=O)NC1CN(c2ccc3c(c2)[C@@H](Cc2ccccc2)[C@@H](N2CCC2)CC3)C1. The van der Waals surface area contributed by atoms with Gasteiger partial charge in [-0.3, -0.25) is 4.90 Å². The third-order valence-corrected chi connectivity index (χ3v) is 7.33. The van der Waals surface area contributed by atoms with Crippen molar-refractivity contribution in [2.24, 2.45) is 0 Å². The van der Waals surface area contributed by atoms with Crippen LogP contribution in [0.5, 0.6) is 0 Å². The molecule has 3 aliphatic rings. The molecule has 2 aliphatic heterocycles. The zero-order valence-electron chi connectivity index (χ0n) is 20.2. The van der Waals surface area contributed by atoms with E-state index in [4.69, 9.17) is 4.74 Å². The van der Waals surface area contributed by atoms with Crippen LogP contribution in [0.15, 0.2) is 48.5 Å². The Hall–Kier alpha value is -2.53. The topological polar surface area (TPSA) is 44.8 Å². The number of fused-ring (bicyclic) bond motifs is 1. The second-order valence-corrected chi connectivity index (χ2v) is 10.9. The maximum atomic E-state index is 12.1. The van der Waals surface area contributed by atoms with Crippen LogP contribution in [0.4, 0.5) is 10.5 Å². The number of hydrogen-bond acceptors (Lipinski definition) is 4. The second-order valence-electron chi connectivity index (χ2n) is 10.9. The molecule has 0 radical (unpaired) electrons. The summed E-state index contributed by atoms with van der Waals surface area (Å²) in [6.07, 6.45) is 4.54. The lowest BCUT2D eigenvalue weighted by atomic mass is 9.74. The van der Waals surface area contributed by atoms with E-state index < -0.39 is 5.60 Å². The summed E-state index contributed by atoms with van der Waals surface area (Å²) in [4.78, 5) is 17.2. The van der Waals surface area contributed by atoms with Crippen molar-refractivity contribution in [3.63, 3.8) is 0 Å². The van der Waals surface area contributed by atoms with Gasteiger partial charge >= 0.3 is 6.09 Å². The lowest BCUT2D eigenvalue weighted by Gasteiger charge is -2.46. The Labute approximate surface area is 198 Å². The van der Waals surface area contributed by atoms with Gasteiger partial charge in [0.2, 0.25) is 0 Å². The van der Waals surface area contributed by atoms with Crippen molar-refractivity contribution in [2.45, 2.75) is 70.1 Å². The van der Waals surface area contributed by atoms with E-state index in [-0.39, 0.29) is 12.1 Å². The summed E-state index contributed by atoms with van der Waals surface area (Å²) in [5, 5.41) is 3.00. The lowest BCUT2D eigenvalue weighted by Crippen LogP contribution is -2.60. The molecule has 2 aromatic carbocycles. The van der Waals surface area contributed by atoms with E-state index >= 15 is 0 Å². The molecule has 5 rings (SSSR count). The highest BCUT2D eigenvalue weighted by atomic mass is 16.6. The standard InChI is InChI=1S/C28H37N3O2/c1-28(2,3)33-27(32)29-22-18-31(19-22)23-12-10-21-11-13-26(30-14-7-15-30)25(24(21)17-23)16-20-8-5-4-6-9-20/h4-6,8-10,12,17,22,25-26H,7,11,13-16,18-19H2,1-3H3,(H,29,32)/t25-,26+/m1/s1. The Balaban J connectivity index is 1.30. The molecule has 0 spiro atoms. The summed E-state index contributed by atoms with van der Waals surface area (Å²) in [7, 11) is 0. The number of hydrogen-bond donors (Lipinski definition) is 1. The van der Waals surface area contributed by atoms with Crippen LogP contribution in [0.25, 0.3) is 0 Å². The number of benzene rings is 2. The number of carbonyl (C=O) groups is 1. The molecule has 5 heteroatoms. The highest BCUT2D eigenvalue weighted by Crippen LogP contribution is 2.40. The number of alkyl carbamates (subject to hydrolysis) is 1. The molecule has 2 fully saturated rings. The van der Waals surface area contributed by atoms with Gasteiger partial charge in [0.15, 0.2) is 0 Å². The summed E-state index contributed by atoms with van der Waals surface area (Å²) in [6, 6.07) is 18.8. The normalized spacial score (nSPS) is 23.3. The summed E-state index contributed by atoms with van der Waals surface area (Å²) < 4.78 is 5.41. The number of rotatable bonds is 5. The molecule has 1 amide bonds. The van der Waals surface area contributed by atoms with Gasteiger partial charge in [-0.05, 0) is 88.4 Å². The molecular formula is C28H37N3O2. The Kier molecular flexibility index (Phi) is 6.09. The maximum absolute atomic E-state index is 12.1. The lowest BCUT2D eigenvalue weighted by molar-refractivity contribution is 0.0496. The Morgan fingerprint density at radius 3 is 2.52 bits per heavy atom. The van der Waals surface area contributed by atoms with E-state index in [9.17, 15) is 4.79 Å². The summed E-state index contributed by atoms with van der Waals surface area (Å²) in [5.74, 6) is 0.536. The Morgan fingerprint density at radius 1 is 1.09 bits per heavy atom. The molecule has 1 aliphatic carbocycles. The minimum absolute atomic E-state index is 0.143. The Bertz CT molecular complexity index is 974. The number of carbonyl (C=O) groups excluding carboxylic acids is 1. The first-order chi connectivity index (χ1) is 15.9. The molecule has 2 aromatic rings. The third kappa shape index (κ3) is 5.03. The summed E-state index contributed by atoms with van der Waals surface area (Å²) >= 11 is 0. The average molecular weight is 448 g/mol. The van der Waals surface area contributed by atoms with Gasteiger partial charge in [0.1, 0.15) is 5.60 Å². The van der Waals surface area contributed by atoms with Crippen molar-refractivity contribution >= 4 is 11.8 Å². The summed E-state index contributed by atoms with van der Waals surface area (Å²) in [5.41, 5.74) is 5.28. The molecule has 0 bridgehead atoms. The molecule has 33 heavy (non-hydrogen) atoms. The largest absolute Gasteiger partial charge is 0.444 e. The smallest absolute Gasteiger partial charge is 0.407 e. The fourth-order valence-corrected chi connectivity index (χ4v) is 5.54. The van der Waals surface area contributed by atoms with Gasteiger partial charge in [-0.1, -0.05) is 36.4 Å². The fourth-order valence-electron chi connectivity index (χ4n) is 5.54. The number of ether oxygens (including phenoxy) is 1. The van der Waals surface area contributed by atoms with Crippen LogP contribution >= 0.6 is 0 Å². The number of amides is 1. The molecular weight excluding hydrogens is 410 g/mol. The number of aryl methyl sites for hydroxylation is 1. The molecule has 0 aromatic heterocycles. The molecule has 0 unspecified atom stereocenters. The van der Waals surface area contributed by atoms with Gasteiger partial charge in [0.25, 0.3) is 0 Å². The van der Waals surface area contributed by atoms with Crippen molar-refractivity contribution in [1.29, 1.82) is 0 Å². The summed E-state index contributed by atoms with van der Waals surface area (Å²) in [6.45, 7) is 9.84. The van der Waals surface area contributed by atoms with Crippen molar-refractivity contribution < 1.29 is 9.53 Å². The van der Waals surface area contributed by atoms with Crippen LogP contribution in [0.1, 0.15) is 56.2 Å². The van der Waals surface area contributed by atoms with Crippen LogP contribution in [-0.2, 0) is 17.6 Å². The van der Waals surface area contributed by atoms with E-state index in [1.807, 2.05) is 20.8 Å². The van der Waals surface area contributed by atoms with Crippen LogP contribution in [0.2, 0.25) is 0 Å². The highest BCUT2D eigenvalue weighted by Gasteiger charge is 2.37. The first-order valence-electron chi connectivity index (χ1n) is 12.5. The molecule has 176 valence electrons. The van der Waals surface area contributed by atoms with E-state index in [2.05, 4.69) is 63.6 Å². The molecule has 5 nitrogen and oxygen atoms in total. The average Bonchev–Trinajstić information content (AvgIpc) is 2.70. The minimum Gasteiger partial charge on any atom is -0.444 e. The first-order valence-corrected chi connectivity index (χ1v) is 12.5. The van der Waals surface area contributed by atoms with Crippen LogP contribution in [0.3, 0.4) is 0 Å². The van der Waals surface area contributed by atoms with Gasteiger partial charge < -0.3 is 15.0 Å². The quantitative estimate of drug-likeness (QED) is 0.719. The van der Waals surface area contributed by atoms with E-state index in [1.165, 1.54) is 54.7 Å². The first kappa shape index (κ1) is 22.3. The molecule has 0 saturated carbocycles. The van der Waals surface area contributed by atoms with Crippen molar-refractivity contribution in [2.75, 3.05) is 31.1 Å². The number of likely N-dealkylation sites (tertiary alicyclic amines) is 1. The zero-order valence-corrected chi connectivity index (χ0v) is 20.2. The Morgan fingerprint density at radius 2 is 1.85 bits per heavy atom. The molecule has 2 atom stereocenters. The predicted molar refractivity (Wildman–Crippen MR) is 133 cm³/mol. The van der Waals surface area contributed by atoms with E-state index in [1.54, 1.807) is 0 Å². The maximum Gasteiger partial charge on any atom is 0.407 e. The number of anilines is 1. The zero-order chi connectivity index (χ0) is 23.0. The van der Waals surface area contributed by atoms with E-state index in [0.717, 1.165) is 19.5 Å². The van der Waals surface area contributed by atoms with Gasteiger partial charge in [0, 0.05) is 30.7 Å². The van der Waals surface area contributed by atoms with Crippen molar-refractivity contribution in [3.8, 4) is 0 Å². The molecule has 2 heterocycles. The van der Waals surface area contributed by atoms with Crippen LogP contribution in [0, 0.1) is 0 Å². The van der Waals surface area contributed by atoms with E-state index in [0.29, 0.717) is 12.0 Å².